The Bertz CT molecular complexity index is 476. The van der Waals surface area contributed by atoms with Gasteiger partial charge in [-0.2, -0.15) is 0 Å². The Kier molecular flexibility index (Phi) is 4.98. The maximum atomic E-state index is 11.1. The fourth-order valence-corrected chi connectivity index (χ4v) is 2.70. The standard InChI is InChI=1S/C15H23N3O2/c1-11(19)17-14-5-6-18(10-14)9-12-3-4-13(8-16)15(7-12)20-2/h3-4,7,14H,5-6,8-10,16H2,1-2H3,(H,17,19). The summed E-state index contributed by atoms with van der Waals surface area (Å²) in [7, 11) is 1.67. The molecule has 0 aliphatic carbocycles. The van der Waals surface area contributed by atoms with E-state index in [0.29, 0.717) is 6.54 Å². The van der Waals surface area contributed by atoms with Crippen molar-refractivity contribution >= 4 is 5.91 Å². The zero-order chi connectivity index (χ0) is 14.5. The highest BCUT2D eigenvalue weighted by molar-refractivity contribution is 5.73. The molecule has 0 radical (unpaired) electrons. The van der Waals surface area contributed by atoms with Gasteiger partial charge in [-0.25, -0.2) is 0 Å². The van der Waals surface area contributed by atoms with E-state index in [1.54, 1.807) is 14.0 Å². The first kappa shape index (κ1) is 14.8. The van der Waals surface area contributed by atoms with Gasteiger partial charge in [-0.3, -0.25) is 9.69 Å². The predicted molar refractivity (Wildman–Crippen MR) is 78.4 cm³/mol. The second-order valence-corrected chi connectivity index (χ2v) is 5.27. The van der Waals surface area contributed by atoms with Crippen molar-refractivity contribution < 1.29 is 9.53 Å². The van der Waals surface area contributed by atoms with Gasteiger partial charge in [0.1, 0.15) is 5.75 Å². The molecule has 1 fully saturated rings. The Hall–Kier alpha value is -1.59. The Balaban J connectivity index is 1.95. The Morgan fingerprint density at radius 1 is 1.55 bits per heavy atom. The van der Waals surface area contributed by atoms with Gasteiger partial charge >= 0.3 is 0 Å². The molecule has 1 heterocycles. The average Bonchev–Trinajstić information content (AvgIpc) is 2.85. The first-order chi connectivity index (χ1) is 9.62. The van der Waals surface area contributed by atoms with Crippen LogP contribution in [0.1, 0.15) is 24.5 Å². The van der Waals surface area contributed by atoms with E-state index in [1.807, 2.05) is 12.1 Å². The molecule has 0 spiro atoms. The van der Waals surface area contributed by atoms with Gasteiger partial charge in [0.05, 0.1) is 7.11 Å². The number of amides is 1. The van der Waals surface area contributed by atoms with E-state index in [9.17, 15) is 4.79 Å². The van der Waals surface area contributed by atoms with Gasteiger partial charge in [-0.05, 0) is 18.1 Å². The van der Waals surface area contributed by atoms with Crippen LogP contribution in [-0.2, 0) is 17.9 Å². The number of likely N-dealkylation sites (tertiary alicyclic amines) is 1. The minimum atomic E-state index is 0.0471. The van der Waals surface area contributed by atoms with Crippen LogP contribution >= 0.6 is 0 Å². The van der Waals surface area contributed by atoms with Gasteiger partial charge in [0.25, 0.3) is 0 Å². The molecule has 5 heteroatoms. The quantitative estimate of drug-likeness (QED) is 0.838. The van der Waals surface area contributed by atoms with Crippen molar-refractivity contribution in [1.82, 2.24) is 10.2 Å². The maximum absolute atomic E-state index is 11.1. The van der Waals surface area contributed by atoms with Gasteiger partial charge in [-0.1, -0.05) is 12.1 Å². The van der Waals surface area contributed by atoms with Crippen LogP contribution in [0.15, 0.2) is 18.2 Å². The second kappa shape index (κ2) is 6.72. The van der Waals surface area contributed by atoms with Crippen LogP contribution in [0.3, 0.4) is 0 Å². The lowest BCUT2D eigenvalue weighted by atomic mass is 10.1. The number of carbonyl (C=O) groups excluding carboxylic acids is 1. The van der Waals surface area contributed by atoms with Crippen LogP contribution in [0.4, 0.5) is 0 Å². The number of benzene rings is 1. The van der Waals surface area contributed by atoms with E-state index >= 15 is 0 Å². The van der Waals surface area contributed by atoms with Gasteiger partial charge in [-0.15, -0.1) is 0 Å². The van der Waals surface area contributed by atoms with E-state index in [0.717, 1.165) is 37.4 Å². The Labute approximate surface area is 120 Å². The number of carbonyl (C=O) groups is 1. The molecule has 1 saturated heterocycles. The second-order valence-electron chi connectivity index (χ2n) is 5.27. The normalized spacial score (nSPS) is 19.1. The summed E-state index contributed by atoms with van der Waals surface area (Å²) in [5, 5.41) is 2.98. The van der Waals surface area contributed by atoms with Crippen molar-refractivity contribution in [2.24, 2.45) is 5.73 Å². The van der Waals surface area contributed by atoms with Crippen molar-refractivity contribution in [3.05, 3.63) is 29.3 Å². The third kappa shape index (κ3) is 3.71. The molecule has 0 saturated carbocycles. The molecule has 110 valence electrons. The minimum absolute atomic E-state index is 0.0471. The monoisotopic (exact) mass is 277 g/mol. The van der Waals surface area contributed by atoms with Gasteiger partial charge in [0.2, 0.25) is 5.91 Å². The van der Waals surface area contributed by atoms with Crippen LogP contribution in [-0.4, -0.2) is 37.0 Å². The van der Waals surface area contributed by atoms with Crippen LogP contribution in [0.2, 0.25) is 0 Å². The largest absolute Gasteiger partial charge is 0.496 e. The molecule has 1 aromatic carbocycles. The van der Waals surface area contributed by atoms with Gasteiger partial charge in [0.15, 0.2) is 0 Å². The lowest BCUT2D eigenvalue weighted by Gasteiger charge is -2.17. The zero-order valence-corrected chi connectivity index (χ0v) is 12.2. The van der Waals surface area contributed by atoms with E-state index in [4.69, 9.17) is 10.5 Å². The number of hydrogen-bond donors (Lipinski definition) is 2. The molecule has 3 N–H and O–H groups in total. The molecule has 1 unspecified atom stereocenters. The van der Waals surface area contributed by atoms with Crippen LogP contribution in [0.25, 0.3) is 0 Å². The molecule has 1 aromatic rings. The number of nitrogens with zero attached hydrogens (tertiary/aromatic N) is 1. The third-order valence-corrected chi connectivity index (χ3v) is 3.66. The van der Waals surface area contributed by atoms with Crippen molar-refractivity contribution in [1.29, 1.82) is 0 Å². The summed E-state index contributed by atoms with van der Waals surface area (Å²) < 4.78 is 5.36. The van der Waals surface area contributed by atoms with E-state index in [2.05, 4.69) is 16.3 Å². The average molecular weight is 277 g/mol. The molecule has 1 atom stereocenters. The summed E-state index contributed by atoms with van der Waals surface area (Å²) >= 11 is 0. The Morgan fingerprint density at radius 3 is 3.00 bits per heavy atom. The minimum Gasteiger partial charge on any atom is -0.496 e. The number of hydrogen-bond acceptors (Lipinski definition) is 4. The molecule has 1 amide bonds. The molecule has 1 aliphatic rings. The zero-order valence-electron chi connectivity index (χ0n) is 12.2. The maximum Gasteiger partial charge on any atom is 0.217 e. The molecule has 0 bridgehead atoms. The van der Waals surface area contributed by atoms with Crippen LogP contribution < -0.4 is 15.8 Å². The molecule has 0 aromatic heterocycles. The number of ether oxygens (including phenoxy) is 1. The lowest BCUT2D eigenvalue weighted by molar-refractivity contribution is -0.119. The predicted octanol–water partition coefficient (Wildman–Crippen LogP) is 0.864. The summed E-state index contributed by atoms with van der Waals surface area (Å²) in [5.74, 6) is 0.897. The highest BCUT2D eigenvalue weighted by Crippen LogP contribution is 2.22. The van der Waals surface area contributed by atoms with Gasteiger partial charge < -0.3 is 15.8 Å². The molecular formula is C15H23N3O2. The number of nitrogens with one attached hydrogen (secondary N) is 1. The van der Waals surface area contributed by atoms with E-state index < -0.39 is 0 Å². The number of rotatable bonds is 5. The van der Waals surface area contributed by atoms with Crippen molar-refractivity contribution in [2.75, 3.05) is 20.2 Å². The summed E-state index contributed by atoms with van der Waals surface area (Å²) in [6, 6.07) is 6.44. The molecule has 2 rings (SSSR count). The highest BCUT2D eigenvalue weighted by atomic mass is 16.5. The summed E-state index contributed by atoms with van der Waals surface area (Å²) in [6.45, 7) is 4.83. The summed E-state index contributed by atoms with van der Waals surface area (Å²) in [5.41, 5.74) is 7.91. The van der Waals surface area contributed by atoms with Crippen LogP contribution in [0, 0.1) is 0 Å². The fourth-order valence-electron chi connectivity index (χ4n) is 2.70. The Morgan fingerprint density at radius 2 is 2.35 bits per heavy atom. The summed E-state index contributed by atoms with van der Waals surface area (Å²) in [6.07, 6.45) is 1.01. The molecular weight excluding hydrogens is 254 g/mol. The fraction of sp³-hybridized carbons (Fsp3) is 0.533. The third-order valence-electron chi connectivity index (χ3n) is 3.66. The SMILES string of the molecule is COc1cc(CN2CCC(NC(C)=O)C2)ccc1CN. The molecule has 1 aliphatic heterocycles. The van der Waals surface area contributed by atoms with E-state index in [1.165, 1.54) is 5.56 Å². The smallest absolute Gasteiger partial charge is 0.217 e. The summed E-state index contributed by atoms with van der Waals surface area (Å²) in [4.78, 5) is 13.4. The van der Waals surface area contributed by atoms with Crippen LogP contribution in [0.5, 0.6) is 5.75 Å². The van der Waals surface area contributed by atoms with Crippen molar-refractivity contribution in [3.63, 3.8) is 0 Å². The van der Waals surface area contributed by atoms with Crippen molar-refractivity contribution in [2.45, 2.75) is 32.5 Å². The van der Waals surface area contributed by atoms with Gasteiger partial charge in [0, 0.05) is 44.7 Å². The number of methoxy groups -OCH3 is 1. The van der Waals surface area contributed by atoms with E-state index in [-0.39, 0.29) is 11.9 Å². The highest BCUT2D eigenvalue weighted by Gasteiger charge is 2.22. The van der Waals surface area contributed by atoms with Crippen molar-refractivity contribution in [3.8, 4) is 5.75 Å². The number of nitrogens with two attached hydrogens (primary N) is 1. The topological polar surface area (TPSA) is 67.6 Å². The first-order valence-electron chi connectivity index (χ1n) is 6.97. The molecule has 20 heavy (non-hydrogen) atoms. The first-order valence-corrected chi connectivity index (χ1v) is 6.97. The molecule has 5 nitrogen and oxygen atoms in total. The lowest BCUT2D eigenvalue weighted by Crippen LogP contribution is -2.35.